The van der Waals surface area contributed by atoms with Gasteiger partial charge >= 0.3 is 0 Å². The van der Waals surface area contributed by atoms with Gasteiger partial charge in [0, 0.05) is 15.2 Å². The Hall–Kier alpha value is -3.29. The molecule has 0 radical (unpaired) electrons. The van der Waals surface area contributed by atoms with Crippen LogP contribution in [0.15, 0.2) is 70.8 Å². The molecule has 2 N–H and O–H groups in total. The van der Waals surface area contributed by atoms with E-state index in [0.717, 1.165) is 5.56 Å². The van der Waals surface area contributed by atoms with E-state index < -0.39 is 11.8 Å². The molecule has 0 aliphatic carbocycles. The van der Waals surface area contributed by atoms with Crippen LogP contribution in [0.4, 0.5) is 5.69 Å². The van der Waals surface area contributed by atoms with Crippen LogP contribution in [0.2, 0.25) is 5.02 Å². The summed E-state index contributed by atoms with van der Waals surface area (Å²) in [5, 5.41) is 6.12. The summed E-state index contributed by atoms with van der Waals surface area (Å²) < 4.78 is 11.4. The first-order valence-electron chi connectivity index (χ1n) is 9.65. The van der Waals surface area contributed by atoms with E-state index in [4.69, 9.17) is 21.1 Å². The number of anilines is 1. The Morgan fingerprint density at radius 2 is 1.81 bits per heavy atom. The number of nitrogens with one attached hydrogen (secondary N) is 2. The van der Waals surface area contributed by atoms with Gasteiger partial charge in [-0.15, -0.1) is 0 Å². The molecule has 0 bridgehead atoms. The average molecular weight is 514 g/mol. The minimum absolute atomic E-state index is 0.0685. The first-order chi connectivity index (χ1) is 15.4. The molecule has 1 heterocycles. The van der Waals surface area contributed by atoms with Gasteiger partial charge < -0.3 is 20.1 Å². The van der Waals surface area contributed by atoms with Gasteiger partial charge in [0.15, 0.2) is 11.5 Å². The molecule has 0 saturated heterocycles. The Morgan fingerprint density at radius 1 is 1.03 bits per heavy atom. The predicted octanol–water partition coefficient (Wildman–Crippen LogP) is 5.55. The number of carbonyl (C=O) groups is 2. The molecule has 162 valence electrons. The molecule has 2 amide bonds. The Balaban J connectivity index is 1.66. The normalized spacial score (nSPS) is 12.4. The minimum Gasteiger partial charge on any atom is -0.454 e. The van der Waals surface area contributed by atoms with Crippen molar-refractivity contribution in [2.24, 2.45) is 0 Å². The van der Waals surface area contributed by atoms with Gasteiger partial charge in [-0.3, -0.25) is 9.59 Å². The Kier molecular flexibility index (Phi) is 6.48. The number of benzene rings is 3. The fourth-order valence-corrected chi connectivity index (χ4v) is 3.81. The summed E-state index contributed by atoms with van der Waals surface area (Å²) in [6, 6.07) is 17.4. The molecule has 0 saturated carbocycles. The number of fused-ring (bicyclic) bond motifs is 1. The molecular formula is C24H18BrClN2O4. The Morgan fingerprint density at radius 3 is 2.59 bits per heavy atom. The Bertz CT molecular complexity index is 1240. The lowest BCUT2D eigenvalue weighted by Gasteiger charge is -2.13. The number of hydrogen-bond acceptors (Lipinski definition) is 4. The number of halogens is 2. The van der Waals surface area contributed by atoms with Crippen molar-refractivity contribution in [1.82, 2.24) is 5.32 Å². The van der Waals surface area contributed by atoms with Crippen molar-refractivity contribution in [2.45, 2.75) is 6.92 Å². The van der Waals surface area contributed by atoms with Crippen molar-refractivity contribution < 1.29 is 19.1 Å². The van der Waals surface area contributed by atoms with Gasteiger partial charge in [-0.25, -0.2) is 0 Å². The van der Waals surface area contributed by atoms with Crippen molar-refractivity contribution in [1.29, 1.82) is 0 Å². The molecule has 3 aromatic carbocycles. The van der Waals surface area contributed by atoms with E-state index in [1.807, 2.05) is 6.92 Å². The number of carbonyl (C=O) groups excluding carboxylic acids is 2. The maximum Gasteiger partial charge on any atom is 0.272 e. The van der Waals surface area contributed by atoms with Gasteiger partial charge in [0.05, 0.1) is 5.56 Å². The summed E-state index contributed by atoms with van der Waals surface area (Å²) >= 11 is 9.38. The van der Waals surface area contributed by atoms with Gasteiger partial charge in [-0.2, -0.15) is 0 Å². The molecule has 0 aromatic heterocycles. The molecule has 1 aliphatic heterocycles. The lowest BCUT2D eigenvalue weighted by molar-refractivity contribution is -0.113. The lowest BCUT2D eigenvalue weighted by atomic mass is 10.1. The maximum atomic E-state index is 13.1. The Labute approximate surface area is 198 Å². The highest BCUT2D eigenvalue weighted by Crippen LogP contribution is 2.33. The predicted molar refractivity (Wildman–Crippen MR) is 127 cm³/mol. The van der Waals surface area contributed by atoms with Crippen molar-refractivity contribution in [3.8, 4) is 11.5 Å². The summed E-state index contributed by atoms with van der Waals surface area (Å²) in [6.45, 7) is 1.98. The van der Waals surface area contributed by atoms with Gasteiger partial charge in [-0.05, 0) is 82.5 Å². The summed E-state index contributed by atoms with van der Waals surface area (Å²) in [4.78, 5) is 26.0. The third-order valence-corrected chi connectivity index (χ3v) is 5.68. The van der Waals surface area contributed by atoms with Crippen molar-refractivity contribution in [3.63, 3.8) is 0 Å². The van der Waals surface area contributed by atoms with Crippen LogP contribution in [0.1, 0.15) is 21.5 Å². The summed E-state index contributed by atoms with van der Waals surface area (Å²) in [6.07, 6.45) is 1.58. The molecule has 0 spiro atoms. The molecule has 0 fully saturated rings. The molecule has 1 aliphatic rings. The number of aryl methyl sites for hydroxylation is 1. The van der Waals surface area contributed by atoms with Crippen LogP contribution in [-0.2, 0) is 4.79 Å². The second-order valence-corrected chi connectivity index (χ2v) is 8.31. The molecular weight excluding hydrogens is 496 g/mol. The van der Waals surface area contributed by atoms with Crippen LogP contribution >= 0.6 is 27.5 Å². The largest absolute Gasteiger partial charge is 0.454 e. The van der Waals surface area contributed by atoms with E-state index in [-0.39, 0.29) is 12.5 Å². The zero-order valence-corrected chi connectivity index (χ0v) is 19.3. The van der Waals surface area contributed by atoms with E-state index in [1.165, 1.54) is 0 Å². The third kappa shape index (κ3) is 4.95. The molecule has 4 rings (SSSR count). The van der Waals surface area contributed by atoms with Gasteiger partial charge in [0.1, 0.15) is 5.70 Å². The fraction of sp³-hybridized carbons (Fsp3) is 0.0833. The number of rotatable bonds is 5. The number of hydrogen-bond donors (Lipinski definition) is 2. The second-order valence-electron chi connectivity index (χ2n) is 7.02. The van der Waals surface area contributed by atoms with Crippen LogP contribution in [-0.4, -0.2) is 18.6 Å². The molecule has 0 unspecified atom stereocenters. The SMILES string of the molecule is Cc1cc(Cl)ccc1NC(=O)C(=Cc1ccc2c(c1)OCO2)NC(=O)c1ccccc1Br. The third-order valence-electron chi connectivity index (χ3n) is 4.76. The zero-order valence-electron chi connectivity index (χ0n) is 16.9. The maximum absolute atomic E-state index is 13.1. The van der Waals surface area contributed by atoms with Crippen LogP contribution < -0.4 is 20.1 Å². The van der Waals surface area contributed by atoms with E-state index in [1.54, 1.807) is 66.7 Å². The van der Waals surface area contributed by atoms with E-state index in [2.05, 4.69) is 26.6 Å². The van der Waals surface area contributed by atoms with Crippen molar-refractivity contribution in [3.05, 3.63) is 92.5 Å². The number of ether oxygens (including phenoxy) is 2. The van der Waals surface area contributed by atoms with E-state index in [0.29, 0.717) is 37.8 Å². The minimum atomic E-state index is -0.478. The standard InChI is InChI=1S/C24H18BrClN2O4/c1-14-10-16(26)7-8-19(14)27-24(30)20(28-23(29)17-4-2-3-5-18(17)25)11-15-6-9-21-22(12-15)32-13-31-21/h2-12H,13H2,1H3,(H,27,30)(H,28,29). The quantitative estimate of drug-likeness (QED) is 0.439. The fourth-order valence-electron chi connectivity index (χ4n) is 3.12. The molecule has 3 aromatic rings. The highest BCUT2D eigenvalue weighted by Gasteiger charge is 2.18. The van der Waals surface area contributed by atoms with E-state index in [9.17, 15) is 9.59 Å². The summed E-state index contributed by atoms with van der Waals surface area (Å²) in [7, 11) is 0. The van der Waals surface area contributed by atoms with Crippen LogP contribution in [0.3, 0.4) is 0 Å². The molecule has 32 heavy (non-hydrogen) atoms. The van der Waals surface area contributed by atoms with Gasteiger partial charge in [-0.1, -0.05) is 29.8 Å². The topological polar surface area (TPSA) is 76.7 Å². The van der Waals surface area contributed by atoms with Crippen LogP contribution in [0.25, 0.3) is 6.08 Å². The second kappa shape index (κ2) is 9.46. The van der Waals surface area contributed by atoms with Crippen molar-refractivity contribution in [2.75, 3.05) is 12.1 Å². The van der Waals surface area contributed by atoms with Gasteiger partial charge in [0.2, 0.25) is 6.79 Å². The average Bonchev–Trinajstić information content (AvgIpc) is 3.23. The summed E-state index contributed by atoms with van der Waals surface area (Å²) in [5.74, 6) is 0.298. The lowest BCUT2D eigenvalue weighted by Crippen LogP contribution is -2.31. The first-order valence-corrected chi connectivity index (χ1v) is 10.8. The van der Waals surface area contributed by atoms with Gasteiger partial charge in [0.25, 0.3) is 11.8 Å². The highest BCUT2D eigenvalue weighted by molar-refractivity contribution is 9.10. The van der Waals surface area contributed by atoms with Crippen molar-refractivity contribution >= 4 is 51.1 Å². The van der Waals surface area contributed by atoms with Crippen LogP contribution in [0, 0.1) is 6.92 Å². The number of amides is 2. The molecule has 0 atom stereocenters. The highest BCUT2D eigenvalue weighted by atomic mass is 79.9. The van der Waals surface area contributed by atoms with E-state index >= 15 is 0 Å². The molecule has 8 heteroatoms. The molecule has 6 nitrogen and oxygen atoms in total. The smallest absolute Gasteiger partial charge is 0.272 e. The summed E-state index contributed by atoms with van der Waals surface area (Å²) in [5.41, 5.74) is 2.52. The van der Waals surface area contributed by atoms with Crippen LogP contribution in [0.5, 0.6) is 11.5 Å². The zero-order chi connectivity index (χ0) is 22.7. The first kappa shape index (κ1) is 21.9. The monoisotopic (exact) mass is 512 g/mol.